The molecule has 0 spiro atoms. The number of nitrogens with one attached hydrogen (secondary N) is 1. The van der Waals surface area contributed by atoms with Crippen LogP contribution in [0.5, 0.6) is 5.75 Å². The molecule has 1 N–H and O–H groups in total. The first-order chi connectivity index (χ1) is 14.2. The fourth-order valence-electron chi connectivity index (χ4n) is 3.27. The number of methoxy groups -OCH3 is 1. The molecule has 0 bridgehead atoms. The number of pyridine rings is 1. The van der Waals surface area contributed by atoms with Gasteiger partial charge in [-0.2, -0.15) is 0 Å². The van der Waals surface area contributed by atoms with E-state index >= 15 is 0 Å². The van der Waals surface area contributed by atoms with Crippen LogP contribution in [0.25, 0.3) is 0 Å². The summed E-state index contributed by atoms with van der Waals surface area (Å²) in [6.07, 6.45) is 1.60. The lowest BCUT2D eigenvalue weighted by atomic mass is 10.1. The van der Waals surface area contributed by atoms with Crippen LogP contribution < -0.4 is 14.4 Å². The van der Waals surface area contributed by atoms with Gasteiger partial charge < -0.3 is 14.5 Å². The second-order valence-corrected chi connectivity index (χ2v) is 9.37. The molecule has 1 aromatic carbocycles. The zero-order valence-corrected chi connectivity index (χ0v) is 18.7. The highest BCUT2D eigenvalue weighted by atomic mass is 35.5. The van der Waals surface area contributed by atoms with Crippen LogP contribution in [0.1, 0.15) is 24.2 Å². The highest BCUT2D eigenvalue weighted by molar-refractivity contribution is 7.89. The largest absolute Gasteiger partial charge is 0.495 e. The van der Waals surface area contributed by atoms with Gasteiger partial charge in [-0.3, -0.25) is 4.79 Å². The minimum atomic E-state index is -3.81. The molecule has 0 radical (unpaired) electrons. The Balaban J connectivity index is 1.76. The lowest BCUT2D eigenvalue weighted by Gasteiger charge is -2.35. The molecule has 30 heavy (non-hydrogen) atoms. The predicted molar refractivity (Wildman–Crippen MR) is 116 cm³/mol. The zero-order valence-electron chi connectivity index (χ0n) is 17.1. The normalized spacial score (nSPS) is 14.8. The van der Waals surface area contributed by atoms with Gasteiger partial charge in [0.05, 0.1) is 12.1 Å². The molecule has 2 heterocycles. The minimum absolute atomic E-state index is 0.0476. The Labute approximate surface area is 181 Å². The van der Waals surface area contributed by atoms with E-state index in [0.717, 1.165) is 5.82 Å². The van der Waals surface area contributed by atoms with Crippen molar-refractivity contribution >= 4 is 33.3 Å². The summed E-state index contributed by atoms with van der Waals surface area (Å²) < 4.78 is 33.0. The van der Waals surface area contributed by atoms with Crippen molar-refractivity contribution in [2.75, 3.05) is 38.2 Å². The van der Waals surface area contributed by atoms with Crippen molar-refractivity contribution in [2.45, 2.75) is 24.8 Å². The Hall–Kier alpha value is -2.36. The number of piperazine rings is 1. The number of anilines is 1. The number of nitrogens with zero attached hydrogens (tertiary/aromatic N) is 3. The van der Waals surface area contributed by atoms with Crippen molar-refractivity contribution in [1.82, 2.24) is 14.6 Å². The number of rotatable bonds is 6. The second-order valence-electron chi connectivity index (χ2n) is 7.26. The third kappa shape index (κ3) is 5.03. The maximum absolute atomic E-state index is 13.0. The third-order valence-corrected chi connectivity index (χ3v) is 6.60. The molecule has 2 aromatic rings. The van der Waals surface area contributed by atoms with E-state index in [-0.39, 0.29) is 22.6 Å². The molecular formula is C20H25ClN4O4S. The molecule has 0 aliphatic carbocycles. The second kappa shape index (κ2) is 9.20. The van der Waals surface area contributed by atoms with Gasteiger partial charge in [-0.1, -0.05) is 11.6 Å². The van der Waals surface area contributed by atoms with Crippen LogP contribution in [0.15, 0.2) is 41.4 Å². The fraction of sp³-hybridized carbons (Fsp3) is 0.400. The van der Waals surface area contributed by atoms with Crippen molar-refractivity contribution in [2.24, 2.45) is 0 Å². The number of carbonyl (C=O) groups excluding carboxylic acids is 1. The van der Waals surface area contributed by atoms with Crippen molar-refractivity contribution in [3.05, 3.63) is 47.1 Å². The summed E-state index contributed by atoms with van der Waals surface area (Å²) in [4.78, 5) is 21.1. The van der Waals surface area contributed by atoms with Gasteiger partial charge in [0, 0.05) is 44.0 Å². The SMILES string of the molecule is COc1ccc(C(=O)N2CCN(c3ccc(Cl)cn3)CC2)cc1S(=O)(=O)NC(C)C. The van der Waals surface area contributed by atoms with Gasteiger partial charge in [-0.25, -0.2) is 18.1 Å². The molecule has 1 aliphatic heterocycles. The highest BCUT2D eigenvalue weighted by Gasteiger charge is 2.26. The topological polar surface area (TPSA) is 91.8 Å². The van der Waals surface area contributed by atoms with E-state index in [0.29, 0.717) is 36.8 Å². The van der Waals surface area contributed by atoms with Gasteiger partial charge >= 0.3 is 0 Å². The van der Waals surface area contributed by atoms with E-state index in [9.17, 15) is 13.2 Å². The summed E-state index contributed by atoms with van der Waals surface area (Å²) in [5, 5.41) is 0.574. The average Bonchev–Trinajstić information content (AvgIpc) is 2.72. The van der Waals surface area contributed by atoms with Gasteiger partial charge in [0.1, 0.15) is 16.5 Å². The van der Waals surface area contributed by atoms with Crippen LogP contribution in [0, 0.1) is 0 Å². The van der Waals surface area contributed by atoms with Gasteiger partial charge in [0.2, 0.25) is 10.0 Å². The monoisotopic (exact) mass is 452 g/mol. The van der Waals surface area contributed by atoms with Crippen molar-refractivity contribution in [1.29, 1.82) is 0 Å². The Morgan fingerprint density at radius 1 is 1.17 bits per heavy atom. The van der Waals surface area contributed by atoms with Crippen LogP contribution in [0.2, 0.25) is 5.02 Å². The average molecular weight is 453 g/mol. The molecule has 1 aromatic heterocycles. The van der Waals surface area contributed by atoms with Crippen LogP contribution in [-0.4, -0.2) is 63.5 Å². The molecule has 1 aliphatic rings. The molecule has 10 heteroatoms. The maximum atomic E-state index is 13.0. The zero-order chi connectivity index (χ0) is 21.9. The molecule has 1 fully saturated rings. The predicted octanol–water partition coefficient (Wildman–Crippen LogP) is 2.39. The highest BCUT2D eigenvalue weighted by Crippen LogP contribution is 2.26. The van der Waals surface area contributed by atoms with E-state index in [4.69, 9.17) is 16.3 Å². The molecule has 162 valence electrons. The molecule has 8 nitrogen and oxygen atoms in total. The molecule has 0 unspecified atom stereocenters. The standard InChI is InChI=1S/C20H25ClN4O4S/c1-14(2)23-30(27,28)18-12-15(4-6-17(18)29-3)20(26)25-10-8-24(9-11-25)19-7-5-16(21)13-22-19/h4-7,12-14,23H,8-11H2,1-3H3. The minimum Gasteiger partial charge on any atom is -0.495 e. The van der Waals surface area contributed by atoms with Crippen LogP contribution in [-0.2, 0) is 10.0 Å². The van der Waals surface area contributed by atoms with Crippen LogP contribution in [0.4, 0.5) is 5.82 Å². The van der Waals surface area contributed by atoms with Gasteiger partial charge in [0.25, 0.3) is 5.91 Å². The van der Waals surface area contributed by atoms with Crippen molar-refractivity contribution < 1.29 is 17.9 Å². The van der Waals surface area contributed by atoms with E-state index < -0.39 is 10.0 Å². The number of hydrogen-bond donors (Lipinski definition) is 1. The van der Waals surface area contributed by atoms with Gasteiger partial charge in [-0.05, 0) is 44.2 Å². The number of ether oxygens (including phenoxy) is 1. The Bertz CT molecular complexity index is 1000. The summed E-state index contributed by atoms with van der Waals surface area (Å²) in [5.74, 6) is 0.782. The number of carbonyl (C=O) groups is 1. The molecule has 0 saturated carbocycles. The summed E-state index contributed by atoms with van der Waals surface area (Å²) in [5.41, 5.74) is 0.304. The molecular weight excluding hydrogens is 428 g/mol. The molecule has 1 amide bonds. The van der Waals surface area contributed by atoms with Crippen LogP contribution >= 0.6 is 11.6 Å². The molecule has 0 atom stereocenters. The summed E-state index contributed by atoms with van der Waals surface area (Å²) in [7, 11) is -2.41. The number of hydrogen-bond acceptors (Lipinski definition) is 6. The number of sulfonamides is 1. The molecule has 1 saturated heterocycles. The van der Waals surface area contributed by atoms with E-state index in [1.54, 1.807) is 37.1 Å². The van der Waals surface area contributed by atoms with E-state index in [1.807, 2.05) is 6.07 Å². The first kappa shape index (κ1) is 22.3. The lowest BCUT2D eigenvalue weighted by molar-refractivity contribution is 0.0746. The Kier molecular flexibility index (Phi) is 6.84. The van der Waals surface area contributed by atoms with E-state index in [2.05, 4.69) is 14.6 Å². The van der Waals surface area contributed by atoms with Gasteiger partial charge in [0.15, 0.2) is 0 Å². The van der Waals surface area contributed by atoms with E-state index in [1.165, 1.54) is 19.2 Å². The quantitative estimate of drug-likeness (QED) is 0.723. The third-order valence-electron chi connectivity index (χ3n) is 4.69. The maximum Gasteiger partial charge on any atom is 0.254 e. The Morgan fingerprint density at radius 2 is 1.87 bits per heavy atom. The first-order valence-corrected chi connectivity index (χ1v) is 11.4. The summed E-state index contributed by atoms with van der Waals surface area (Å²) in [6.45, 7) is 5.71. The summed E-state index contributed by atoms with van der Waals surface area (Å²) in [6, 6.07) is 7.82. The van der Waals surface area contributed by atoms with Crippen molar-refractivity contribution in [3.8, 4) is 5.75 Å². The smallest absolute Gasteiger partial charge is 0.254 e. The number of amides is 1. The Morgan fingerprint density at radius 3 is 2.43 bits per heavy atom. The van der Waals surface area contributed by atoms with Gasteiger partial charge in [-0.15, -0.1) is 0 Å². The fourth-order valence-corrected chi connectivity index (χ4v) is 4.83. The lowest BCUT2D eigenvalue weighted by Crippen LogP contribution is -2.49. The number of halogens is 1. The first-order valence-electron chi connectivity index (χ1n) is 9.57. The number of aromatic nitrogens is 1. The van der Waals surface area contributed by atoms with Crippen LogP contribution in [0.3, 0.4) is 0 Å². The molecule has 3 rings (SSSR count). The van der Waals surface area contributed by atoms with Crippen molar-refractivity contribution in [3.63, 3.8) is 0 Å². The number of benzene rings is 1. The summed E-state index contributed by atoms with van der Waals surface area (Å²) >= 11 is 5.89.